The van der Waals surface area contributed by atoms with Crippen LogP contribution in [-0.4, -0.2) is 16.1 Å². The molecule has 2 aromatic heterocycles. The minimum absolute atomic E-state index is 0.0381. The standard InChI is InChI=1S/C13H8ClN3O2S/c14-10-4-2-1-3-9(10)11(18)15-13-17-16-12(19-13)8-5-6-20-7-8/h1-7H,(H,15,17,18). The van der Waals surface area contributed by atoms with Crippen LogP contribution < -0.4 is 5.32 Å². The maximum atomic E-state index is 12.0. The Bertz CT molecular complexity index is 740. The summed E-state index contributed by atoms with van der Waals surface area (Å²) in [7, 11) is 0. The number of carbonyl (C=O) groups is 1. The molecule has 0 fully saturated rings. The number of nitrogens with zero attached hydrogens (tertiary/aromatic N) is 2. The number of anilines is 1. The smallest absolute Gasteiger partial charge is 0.322 e. The molecule has 7 heteroatoms. The van der Waals surface area contributed by atoms with Crippen LogP contribution in [0, 0.1) is 0 Å². The van der Waals surface area contributed by atoms with Crippen LogP contribution >= 0.6 is 22.9 Å². The molecule has 5 nitrogen and oxygen atoms in total. The van der Waals surface area contributed by atoms with E-state index in [2.05, 4.69) is 15.5 Å². The first-order valence-corrected chi connectivity index (χ1v) is 6.98. The first-order valence-electron chi connectivity index (χ1n) is 5.66. The zero-order valence-electron chi connectivity index (χ0n) is 10.0. The molecule has 0 aliphatic rings. The summed E-state index contributed by atoms with van der Waals surface area (Å²) in [6, 6.07) is 8.63. The highest BCUT2D eigenvalue weighted by Crippen LogP contribution is 2.23. The van der Waals surface area contributed by atoms with Crippen molar-refractivity contribution in [2.75, 3.05) is 5.32 Å². The van der Waals surface area contributed by atoms with E-state index < -0.39 is 5.91 Å². The summed E-state index contributed by atoms with van der Waals surface area (Å²) in [6.45, 7) is 0. The van der Waals surface area contributed by atoms with Crippen LogP contribution in [0.25, 0.3) is 11.5 Å². The van der Waals surface area contributed by atoms with Crippen molar-refractivity contribution in [3.63, 3.8) is 0 Å². The molecule has 0 radical (unpaired) electrons. The van der Waals surface area contributed by atoms with Gasteiger partial charge in [-0.15, -0.1) is 5.10 Å². The lowest BCUT2D eigenvalue weighted by atomic mass is 10.2. The third kappa shape index (κ3) is 2.56. The molecule has 1 aromatic carbocycles. The molecule has 0 aliphatic carbocycles. The van der Waals surface area contributed by atoms with Crippen LogP contribution in [0.3, 0.4) is 0 Å². The Kier molecular flexibility index (Phi) is 3.49. The summed E-state index contributed by atoms with van der Waals surface area (Å²) in [5, 5.41) is 14.3. The maximum absolute atomic E-state index is 12.0. The Morgan fingerprint density at radius 3 is 2.85 bits per heavy atom. The monoisotopic (exact) mass is 305 g/mol. The number of halogens is 1. The SMILES string of the molecule is O=C(Nc1nnc(-c2ccsc2)o1)c1ccccc1Cl. The van der Waals surface area contributed by atoms with Gasteiger partial charge in [-0.25, -0.2) is 0 Å². The summed E-state index contributed by atoms with van der Waals surface area (Å²) in [5.41, 5.74) is 1.17. The van der Waals surface area contributed by atoms with Gasteiger partial charge in [0.25, 0.3) is 11.8 Å². The van der Waals surface area contributed by atoms with Crippen molar-refractivity contribution in [1.29, 1.82) is 0 Å². The Morgan fingerprint density at radius 1 is 1.25 bits per heavy atom. The predicted octanol–water partition coefficient (Wildman–Crippen LogP) is 3.70. The van der Waals surface area contributed by atoms with Crippen molar-refractivity contribution < 1.29 is 9.21 Å². The van der Waals surface area contributed by atoms with Gasteiger partial charge in [0, 0.05) is 10.9 Å². The molecule has 0 unspecified atom stereocenters. The summed E-state index contributed by atoms with van der Waals surface area (Å²) in [6.07, 6.45) is 0. The van der Waals surface area contributed by atoms with E-state index in [1.807, 2.05) is 16.8 Å². The van der Waals surface area contributed by atoms with Gasteiger partial charge < -0.3 is 4.42 Å². The number of thiophene rings is 1. The molecule has 0 atom stereocenters. The molecule has 20 heavy (non-hydrogen) atoms. The van der Waals surface area contributed by atoms with Crippen LogP contribution in [0.2, 0.25) is 5.02 Å². The number of carbonyl (C=O) groups excluding carboxylic acids is 1. The van der Waals surface area contributed by atoms with Crippen LogP contribution in [0.1, 0.15) is 10.4 Å². The number of nitrogens with one attached hydrogen (secondary N) is 1. The van der Waals surface area contributed by atoms with Crippen LogP contribution in [-0.2, 0) is 0 Å². The number of benzene rings is 1. The lowest BCUT2D eigenvalue weighted by Gasteiger charge is -2.01. The molecule has 0 saturated heterocycles. The van der Waals surface area contributed by atoms with Crippen molar-refractivity contribution in [3.8, 4) is 11.5 Å². The topological polar surface area (TPSA) is 68.0 Å². The highest BCUT2D eigenvalue weighted by atomic mass is 35.5. The fourth-order valence-electron chi connectivity index (χ4n) is 1.59. The van der Waals surface area contributed by atoms with Gasteiger partial charge in [0.1, 0.15) is 0 Å². The zero-order chi connectivity index (χ0) is 13.9. The Morgan fingerprint density at radius 2 is 2.10 bits per heavy atom. The quantitative estimate of drug-likeness (QED) is 0.801. The van der Waals surface area contributed by atoms with E-state index in [-0.39, 0.29) is 6.01 Å². The fraction of sp³-hybridized carbons (Fsp3) is 0. The Labute approximate surface area is 123 Å². The van der Waals surface area contributed by atoms with Gasteiger partial charge in [-0.2, -0.15) is 11.3 Å². The van der Waals surface area contributed by atoms with Gasteiger partial charge in [0.2, 0.25) is 0 Å². The van der Waals surface area contributed by atoms with E-state index in [0.29, 0.717) is 16.5 Å². The Balaban J connectivity index is 1.79. The molecule has 3 rings (SSSR count). The van der Waals surface area contributed by atoms with Gasteiger partial charge in [-0.3, -0.25) is 10.1 Å². The van der Waals surface area contributed by atoms with Gasteiger partial charge in [0.05, 0.1) is 10.6 Å². The third-order valence-corrected chi connectivity index (χ3v) is 3.54. The first-order chi connectivity index (χ1) is 9.74. The molecule has 2 heterocycles. The van der Waals surface area contributed by atoms with Gasteiger partial charge in [-0.05, 0) is 23.6 Å². The molecule has 0 spiro atoms. The fourth-order valence-corrected chi connectivity index (χ4v) is 2.44. The van der Waals surface area contributed by atoms with E-state index in [1.165, 1.54) is 11.3 Å². The second kappa shape index (κ2) is 5.44. The summed E-state index contributed by atoms with van der Waals surface area (Å²) >= 11 is 7.47. The third-order valence-electron chi connectivity index (χ3n) is 2.53. The minimum atomic E-state index is -0.392. The minimum Gasteiger partial charge on any atom is -0.403 e. The van der Waals surface area contributed by atoms with Crippen molar-refractivity contribution in [2.24, 2.45) is 0 Å². The average Bonchev–Trinajstić information content (AvgIpc) is 3.09. The first kappa shape index (κ1) is 12.8. The number of rotatable bonds is 3. The van der Waals surface area contributed by atoms with Crippen molar-refractivity contribution >= 4 is 34.9 Å². The van der Waals surface area contributed by atoms with Crippen LogP contribution in [0.15, 0.2) is 45.5 Å². The van der Waals surface area contributed by atoms with E-state index in [1.54, 1.807) is 24.3 Å². The zero-order valence-corrected chi connectivity index (χ0v) is 11.6. The molecule has 0 bridgehead atoms. The predicted molar refractivity (Wildman–Crippen MR) is 77.0 cm³/mol. The molecule has 1 N–H and O–H groups in total. The van der Waals surface area contributed by atoms with E-state index in [0.717, 1.165) is 5.56 Å². The van der Waals surface area contributed by atoms with Crippen molar-refractivity contribution in [1.82, 2.24) is 10.2 Å². The summed E-state index contributed by atoms with van der Waals surface area (Å²) in [5.74, 6) is -0.0307. The molecular formula is C13H8ClN3O2S. The molecule has 0 saturated carbocycles. The normalized spacial score (nSPS) is 10.4. The highest BCUT2D eigenvalue weighted by molar-refractivity contribution is 7.08. The van der Waals surface area contributed by atoms with Gasteiger partial charge in [-0.1, -0.05) is 28.8 Å². The Hall–Kier alpha value is -2.18. The molecule has 1 amide bonds. The number of hydrogen-bond donors (Lipinski definition) is 1. The number of hydrogen-bond acceptors (Lipinski definition) is 5. The van der Waals surface area contributed by atoms with Gasteiger partial charge in [0.15, 0.2) is 0 Å². The lowest BCUT2D eigenvalue weighted by Crippen LogP contribution is -2.12. The summed E-state index contributed by atoms with van der Waals surface area (Å²) < 4.78 is 5.37. The van der Waals surface area contributed by atoms with Gasteiger partial charge >= 0.3 is 6.01 Å². The van der Waals surface area contributed by atoms with E-state index in [4.69, 9.17) is 16.0 Å². The highest BCUT2D eigenvalue weighted by Gasteiger charge is 2.14. The van der Waals surface area contributed by atoms with E-state index in [9.17, 15) is 4.79 Å². The number of amides is 1. The van der Waals surface area contributed by atoms with Crippen LogP contribution in [0.4, 0.5) is 6.01 Å². The molecule has 0 aliphatic heterocycles. The molecular weight excluding hydrogens is 298 g/mol. The number of aromatic nitrogens is 2. The average molecular weight is 306 g/mol. The molecule has 3 aromatic rings. The van der Waals surface area contributed by atoms with E-state index >= 15 is 0 Å². The largest absolute Gasteiger partial charge is 0.403 e. The lowest BCUT2D eigenvalue weighted by molar-refractivity contribution is 0.102. The second-order valence-electron chi connectivity index (χ2n) is 3.86. The van der Waals surface area contributed by atoms with Crippen LogP contribution in [0.5, 0.6) is 0 Å². The van der Waals surface area contributed by atoms with Crippen molar-refractivity contribution in [2.45, 2.75) is 0 Å². The molecule has 100 valence electrons. The maximum Gasteiger partial charge on any atom is 0.322 e. The summed E-state index contributed by atoms with van der Waals surface area (Å²) in [4.78, 5) is 12.0. The second-order valence-corrected chi connectivity index (χ2v) is 5.05. The van der Waals surface area contributed by atoms with Crippen molar-refractivity contribution in [3.05, 3.63) is 51.7 Å².